The van der Waals surface area contributed by atoms with Crippen molar-refractivity contribution < 1.29 is 9.15 Å². The lowest BCUT2D eigenvalue weighted by Crippen LogP contribution is -2.49. The monoisotopic (exact) mass is 266 g/mol. The van der Waals surface area contributed by atoms with Gasteiger partial charge in [-0.1, -0.05) is 12.1 Å². The molecule has 1 aliphatic heterocycles. The summed E-state index contributed by atoms with van der Waals surface area (Å²) in [6, 6.07) is 8.68. The predicted molar refractivity (Wildman–Crippen MR) is 71.3 cm³/mol. The van der Waals surface area contributed by atoms with Crippen LogP contribution in [0, 0.1) is 0 Å². The van der Waals surface area contributed by atoms with E-state index in [0.29, 0.717) is 18.5 Å². The fourth-order valence-corrected chi connectivity index (χ4v) is 2.35. The highest BCUT2D eigenvalue weighted by atomic mass is 35.5. The molecule has 1 fully saturated rings. The third-order valence-corrected chi connectivity index (χ3v) is 3.55. The standard InChI is InChI=1S/C13H15ClN2O2/c1-9-8-17-10(6-14)7-16(9)13-15-11-4-2-3-5-12(11)18-13/h2-5,9-10H,6-8H2,1H3. The third-order valence-electron chi connectivity index (χ3n) is 3.21. The first kappa shape index (κ1) is 11.8. The fourth-order valence-electron chi connectivity index (χ4n) is 2.16. The first-order chi connectivity index (χ1) is 8.78. The zero-order valence-electron chi connectivity index (χ0n) is 10.2. The van der Waals surface area contributed by atoms with Crippen LogP contribution in [0.4, 0.5) is 6.01 Å². The molecule has 1 aromatic heterocycles. The lowest BCUT2D eigenvalue weighted by atomic mass is 10.2. The van der Waals surface area contributed by atoms with Crippen molar-refractivity contribution in [3.8, 4) is 0 Å². The largest absolute Gasteiger partial charge is 0.423 e. The number of ether oxygens (including phenoxy) is 1. The Hall–Kier alpha value is -1.26. The van der Waals surface area contributed by atoms with Gasteiger partial charge in [0.05, 0.1) is 31.2 Å². The van der Waals surface area contributed by atoms with E-state index in [1.165, 1.54) is 0 Å². The Labute approximate surface area is 110 Å². The molecule has 0 saturated carbocycles. The van der Waals surface area contributed by atoms with Gasteiger partial charge in [0.25, 0.3) is 6.01 Å². The molecule has 18 heavy (non-hydrogen) atoms. The lowest BCUT2D eigenvalue weighted by Gasteiger charge is -2.36. The van der Waals surface area contributed by atoms with Crippen molar-refractivity contribution in [3.63, 3.8) is 0 Å². The zero-order valence-corrected chi connectivity index (χ0v) is 10.9. The lowest BCUT2D eigenvalue weighted by molar-refractivity contribution is 0.0345. The second-order valence-electron chi connectivity index (χ2n) is 4.58. The minimum absolute atomic E-state index is 0.0397. The molecule has 3 rings (SSSR count). The number of halogens is 1. The molecule has 2 aromatic rings. The smallest absolute Gasteiger partial charge is 0.298 e. The number of hydrogen-bond acceptors (Lipinski definition) is 4. The fraction of sp³-hybridized carbons (Fsp3) is 0.462. The molecule has 2 heterocycles. The van der Waals surface area contributed by atoms with E-state index in [1.54, 1.807) is 0 Å². The molecule has 0 amide bonds. The van der Waals surface area contributed by atoms with Gasteiger partial charge in [-0.15, -0.1) is 11.6 Å². The molecule has 2 atom stereocenters. The van der Waals surface area contributed by atoms with E-state index in [9.17, 15) is 0 Å². The van der Waals surface area contributed by atoms with Gasteiger partial charge in [0.1, 0.15) is 5.52 Å². The number of para-hydroxylation sites is 2. The summed E-state index contributed by atoms with van der Waals surface area (Å²) < 4.78 is 11.4. The van der Waals surface area contributed by atoms with E-state index in [2.05, 4.69) is 16.8 Å². The number of anilines is 1. The second kappa shape index (κ2) is 4.78. The number of aromatic nitrogens is 1. The number of alkyl halides is 1. The van der Waals surface area contributed by atoms with Gasteiger partial charge >= 0.3 is 0 Å². The van der Waals surface area contributed by atoms with Gasteiger partial charge in [-0.3, -0.25) is 0 Å². The summed E-state index contributed by atoms with van der Waals surface area (Å²) in [5.74, 6) is 0.490. The molecule has 0 radical (unpaired) electrons. The maximum Gasteiger partial charge on any atom is 0.298 e. The van der Waals surface area contributed by atoms with E-state index in [0.717, 1.165) is 17.6 Å². The molecular weight excluding hydrogens is 252 g/mol. The number of rotatable bonds is 2. The maximum absolute atomic E-state index is 5.86. The molecule has 1 aliphatic rings. The molecule has 0 spiro atoms. The number of hydrogen-bond donors (Lipinski definition) is 0. The van der Waals surface area contributed by atoms with Crippen molar-refractivity contribution in [2.24, 2.45) is 0 Å². The molecule has 0 aliphatic carbocycles. The number of morpholine rings is 1. The highest BCUT2D eigenvalue weighted by Gasteiger charge is 2.28. The van der Waals surface area contributed by atoms with Crippen LogP contribution in [0.2, 0.25) is 0 Å². The Bertz CT molecular complexity index is 510. The molecule has 5 heteroatoms. The molecular formula is C13H15ClN2O2. The van der Waals surface area contributed by atoms with Crippen LogP contribution in [-0.4, -0.2) is 36.2 Å². The van der Waals surface area contributed by atoms with E-state index in [4.69, 9.17) is 20.8 Å². The molecule has 0 bridgehead atoms. The summed E-state index contributed by atoms with van der Waals surface area (Å²) in [5.41, 5.74) is 1.70. The minimum Gasteiger partial charge on any atom is -0.423 e. The van der Waals surface area contributed by atoms with Crippen molar-refractivity contribution in [2.45, 2.75) is 19.1 Å². The van der Waals surface area contributed by atoms with Crippen LogP contribution in [0.15, 0.2) is 28.7 Å². The van der Waals surface area contributed by atoms with Crippen molar-refractivity contribution >= 4 is 28.7 Å². The van der Waals surface area contributed by atoms with E-state index >= 15 is 0 Å². The molecule has 96 valence electrons. The molecule has 0 N–H and O–H groups in total. The first-order valence-corrected chi connectivity index (χ1v) is 6.61. The SMILES string of the molecule is CC1COC(CCl)CN1c1nc2ccccc2o1. The predicted octanol–water partition coefficient (Wildman–Crippen LogP) is 2.66. The van der Waals surface area contributed by atoms with Crippen LogP contribution < -0.4 is 4.90 Å². The Morgan fingerprint density at radius 1 is 1.44 bits per heavy atom. The Kier molecular flexibility index (Phi) is 3.14. The molecule has 1 saturated heterocycles. The van der Waals surface area contributed by atoms with Crippen LogP contribution in [0.25, 0.3) is 11.1 Å². The van der Waals surface area contributed by atoms with Crippen molar-refractivity contribution in [3.05, 3.63) is 24.3 Å². The van der Waals surface area contributed by atoms with E-state index in [1.807, 2.05) is 24.3 Å². The summed E-state index contributed by atoms with van der Waals surface area (Å²) in [5, 5.41) is 0. The summed E-state index contributed by atoms with van der Waals surface area (Å²) in [6.07, 6.45) is 0.0397. The minimum atomic E-state index is 0.0397. The van der Waals surface area contributed by atoms with Gasteiger partial charge in [0.15, 0.2) is 5.58 Å². The van der Waals surface area contributed by atoms with Gasteiger partial charge < -0.3 is 14.1 Å². The number of nitrogens with zero attached hydrogens (tertiary/aromatic N) is 2. The van der Waals surface area contributed by atoms with Crippen LogP contribution in [0.5, 0.6) is 0 Å². The van der Waals surface area contributed by atoms with Crippen LogP contribution >= 0.6 is 11.6 Å². The normalized spacial score (nSPS) is 24.7. The molecule has 1 aromatic carbocycles. The topological polar surface area (TPSA) is 38.5 Å². The summed E-state index contributed by atoms with van der Waals surface area (Å²) in [7, 11) is 0. The summed E-state index contributed by atoms with van der Waals surface area (Å²) >= 11 is 5.86. The van der Waals surface area contributed by atoms with Crippen LogP contribution in [0.3, 0.4) is 0 Å². The first-order valence-electron chi connectivity index (χ1n) is 6.07. The average Bonchev–Trinajstić information content (AvgIpc) is 2.82. The number of oxazole rings is 1. The summed E-state index contributed by atoms with van der Waals surface area (Å²) in [4.78, 5) is 6.64. The molecule has 2 unspecified atom stereocenters. The number of fused-ring (bicyclic) bond motifs is 1. The van der Waals surface area contributed by atoms with Crippen molar-refractivity contribution in [1.29, 1.82) is 0 Å². The third kappa shape index (κ3) is 2.06. The summed E-state index contributed by atoms with van der Waals surface area (Å²) in [6.45, 7) is 3.47. The van der Waals surface area contributed by atoms with Gasteiger partial charge in [-0.2, -0.15) is 4.98 Å². The van der Waals surface area contributed by atoms with Crippen LogP contribution in [0.1, 0.15) is 6.92 Å². The number of benzene rings is 1. The Morgan fingerprint density at radius 3 is 3.06 bits per heavy atom. The van der Waals surface area contributed by atoms with E-state index < -0.39 is 0 Å². The van der Waals surface area contributed by atoms with Crippen molar-refractivity contribution in [2.75, 3.05) is 23.9 Å². The highest BCUT2D eigenvalue weighted by Crippen LogP contribution is 2.25. The maximum atomic E-state index is 5.86. The van der Waals surface area contributed by atoms with Gasteiger partial charge in [-0.25, -0.2) is 0 Å². The zero-order chi connectivity index (χ0) is 12.5. The Morgan fingerprint density at radius 2 is 2.28 bits per heavy atom. The molecule has 4 nitrogen and oxygen atoms in total. The van der Waals surface area contributed by atoms with E-state index in [-0.39, 0.29) is 12.1 Å². The average molecular weight is 267 g/mol. The van der Waals surface area contributed by atoms with Crippen molar-refractivity contribution in [1.82, 2.24) is 4.98 Å². The Balaban J connectivity index is 1.92. The second-order valence-corrected chi connectivity index (χ2v) is 4.88. The van der Waals surface area contributed by atoms with Gasteiger partial charge in [-0.05, 0) is 19.1 Å². The van der Waals surface area contributed by atoms with Crippen LogP contribution in [-0.2, 0) is 4.74 Å². The van der Waals surface area contributed by atoms with Gasteiger partial charge in [0.2, 0.25) is 0 Å². The highest BCUT2D eigenvalue weighted by molar-refractivity contribution is 6.18. The quantitative estimate of drug-likeness (QED) is 0.784. The van der Waals surface area contributed by atoms with Gasteiger partial charge in [0, 0.05) is 0 Å².